The first-order valence-electron chi connectivity index (χ1n) is 8.43. The molecule has 3 nitrogen and oxygen atoms in total. The topological polar surface area (TPSA) is 29.9 Å². The lowest BCUT2D eigenvalue weighted by Gasteiger charge is -2.28. The molecule has 1 aliphatic rings. The minimum absolute atomic E-state index is 0.422. The van der Waals surface area contributed by atoms with E-state index in [0.717, 1.165) is 26.1 Å². The van der Waals surface area contributed by atoms with Crippen molar-refractivity contribution in [1.82, 2.24) is 15.1 Å². The van der Waals surface area contributed by atoms with Crippen molar-refractivity contribution in [2.45, 2.75) is 52.5 Å². The van der Waals surface area contributed by atoms with Crippen LogP contribution in [0, 0.1) is 5.41 Å². The Labute approximate surface area is 127 Å². The summed E-state index contributed by atoms with van der Waals surface area (Å²) >= 11 is 0. The molecule has 2 aromatic rings. The van der Waals surface area contributed by atoms with Gasteiger partial charge in [0.15, 0.2) is 0 Å². The largest absolute Gasteiger partial charge is 0.316 e. The Kier molecular flexibility index (Phi) is 4.29. The molecule has 0 aliphatic heterocycles. The second-order valence-corrected chi connectivity index (χ2v) is 6.44. The van der Waals surface area contributed by atoms with Gasteiger partial charge in [-0.05, 0) is 44.2 Å². The van der Waals surface area contributed by atoms with Gasteiger partial charge in [0, 0.05) is 18.5 Å². The van der Waals surface area contributed by atoms with Crippen molar-refractivity contribution in [3.63, 3.8) is 0 Å². The predicted molar refractivity (Wildman–Crippen MR) is 88.6 cm³/mol. The fraction of sp³-hybridized carbons (Fsp3) is 0.611. The molecule has 1 N–H and O–H groups in total. The molecule has 0 bridgehead atoms. The van der Waals surface area contributed by atoms with E-state index in [2.05, 4.69) is 48.1 Å². The molecule has 0 saturated heterocycles. The van der Waals surface area contributed by atoms with E-state index in [9.17, 15) is 0 Å². The number of rotatable bonds is 6. The van der Waals surface area contributed by atoms with Crippen LogP contribution in [0.1, 0.15) is 45.2 Å². The van der Waals surface area contributed by atoms with Gasteiger partial charge in [0.2, 0.25) is 0 Å². The Morgan fingerprint density at radius 2 is 1.95 bits per heavy atom. The van der Waals surface area contributed by atoms with Crippen LogP contribution in [0.2, 0.25) is 0 Å². The average molecular weight is 285 g/mol. The van der Waals surface area contributed by atoms with E-state index in [0.29, 0.717) is 5.41 Å². The van der Waals surface area contributed by atoms with Crippen LogP contribution in [0.15, 0.2) is 24.3 Å². The van der Waals surface area contributed by atoms with E-state index in [1.807, 2.05) is 0 Å². The van der Waals surface area contributed by atoms with Crippen LogP contribution < -0.4 is 5.32 Å². The molecule has 0 spiro atoms. The third-order valence-corrected chi connectivity index (χ3v) is 4.99. The van der Waals surface area contributed by atoms with Crippen LogP contribution in [-0.2, 0) is 13.0 Å². The third-order valence-electron chi connectivity index (χ3n) is 4.99. The fourth-order valence-corrected chi connectivity index (χ4v) is 3.85. The second kappa shape index (κ2) is 6.18. The summed E-state index contributed by atoms with van der Waals surface area (Å²) in [5, 5.41) is 9.85. The molecule has 0 atom stereocenters. The van der Waals surface area contributed by atoms with Gasteiger partial charge in [-0.1, -0.05) is 38.0 Å². The Bertz CT molecular complexity index is 594. The summed E-state index contributed by atoms with van der Waals surface area (Å²) in [5.41, 5.74) is 3.00. The fourth-order valence-electron chi connectivity index (χ4n) is 3.85. The minimum Gasteiger partial charge on any atom is -0.316 e. The maximum absolute atomic E-state index is 4.91. The lowest BCUT2D eigenvalue weighted by Crippen LogP contribution is -2.34. The zero-order chi connectivity index (χ0) is 14.7. The van der Waals surface area contributed by atoms with Crippen molar-refractivity contribution in [3.05, 3.63) is 30.0 Å². The Morgan fingerprint density at radius 1 is 1.19 bits per heavy atom. The first kappa shape index (κ1) is 14.6. The molecule has 0 unspecified atom stereocenters. The number of nitrogens with zero attached hydrogens (tertiary/aromatic N) is 2. The number of nitrogens with one attached hydrogen (secondary N) is 1. The quantitative estimate of drug-likeness (QED) is 0.875. The third kappa shape index (κ3) is 2.84. The summed E-state index contributed by atoms with van der Waals surface area (Å²) in [6.07, 6.45) is 6.55. The van der Waals surface area contributed by atoms with Gasteiger partial charge in [0.05, 0.1) is 11.2 Å². The van der Waals surface area contributed by atoms with Gasteiger partial charge in [0.25, 0.3) is 0 Å². The van der Waals surface area contributed by atoms with Crippen LogP contribution in [0.25, 0.3) is 10.9 Å². The summed E-state index contributed by atoms with van der Waals surface area (Å²) in [6, 6.07) is 8.68. The van der Waals surface area contributed by atoms with Crippen molar-refractivity contribution in [3.8, 4) is 0 Å². The molecule has 0 radical (unpaired) electrons. The van der Waals surface area contributed by atoms with Gasteiger partial charge < -0.3 is 5.32 Å². The lowest BCUT2D eigenvalue weighted by molar-refractivity contribution is 0.277. The van der Waals surface area contributed by atoms with Gasteiger partial charge in [0.1, 0.15) is 0 Å². The number of aromatic nitrogens is 2. The van der Waals surface area contributed by atoms with Gasteiger partial charge in [-0.25, -0.2) is 0 Å². The molecule has 1 fully saturated rings. The number of hydrogen-bond acceptors (Lipinski definition) is 2. The second-order valence-electron chi connectivity index (χ2n) is 6.44. The summed E-state index contributed by atoms with van der Waals surface area (Å²) in [5.74, 6) is 0. The lowest BCUT2D eigenvalue weighted by atomic mass is 9.81. The van der Waals surface area contributed by atoms with Crippen molar-refractivity contribution in [2.75, 3.05) is 13.1 Å². The standard InChI is InChI=1S/C18H27N3/c1-3-19-14-18(11-7-8-12-18)13-16-15-9-5-6-10-17(15)21(4-2)20-16/h5-6,9-10,19H,3-4,7-8,11-14H2,1-2H3. The molecule has 1 saturated carbocycles. The van der Waals surface area contributed by atoms with Crippen molar-refractivity contribution >= 4 is 10.9 Å². The van der Waals surface area contributed by atoms with E-state index >= 15 is 0 Å². The first-order chi connectivity index (χ1) is 10.3. The van der Waals surface area contributed by atoms with Crippen molar-refractivity contribution in [1.29, 1.82) is 0 Å². The zero-order valence-electron chi connectivity index (χ0n) is 13.4. The summed E-state index contributed by atoms with van der Waals surface area (Å²) in [4.78, 5) is 0. The molecule has 1 heterocycles. The molecular weight excluding hydrogens is 258 g/mol. The first-order valence-corrected chi connectivity index (χ1v) is 8.43. The Hall–Kier alpha value is -1.35. The van der Waals surface area contributed by atoms with E-state index in [-0.39, 0.29) is 0 Å². The smallest absolute Gasteiger partial charge is 0.0709 e. The minimum atomic E-state index is 0.422. The highest BCUT2D eigenvalue weighted by atomic mass is 15.3. The zero-order valence-corrected chi connectivity index (χ0v) is 13.4. The van der Waals surface area contributed by atoms with Crippen molar-refractivity contribution < 1.29 is 0 Å². The molecule has 0 amide bonds. The number of hydrogen-bond donors (Lipinski definition) is 1. The van der Waals surface area contributed by atoms with Gasteiger partial charge in [-0.15, -0.1) is 0 Å². The monoisotopic (exact) mass is 285 g/mol. The van der Waals surface area contributed by atoms with Gasteiger partial charge >= 0.3 is 0 Å². The Morgan fingerprint density at radius 3 is 2.67 bits per heavy atom. The molecule has 3 heteroatoms. The number of aryl methyl sites for hydroxylation is 1. The van der Waals surface area contributed by atoms with E-state index in [1.54, 1.807) is 0 Å². The maximum atomic E-state index is 4.91. The highest BCUT2D eigenvalue weighted by Gasteiger charge is 2.34. The molecule has 21 heavy (non-hydrogen) atoms. The number of fused-ring (bicyclic) bond motifs is 1. The van der Waals surface area contributed by atoms with E-state index < -0.39 is 0 Å². The van der Waals surface area contributed by atoms with Crippen LogP contribution in [0.5, 0.6) is 0 Å². The molecule has 3 rings (SSSR count). The highest BCUT2D eigenvalue weighted by molar-refractivity contribution is 5.82. The maximum Gasteiger partial charge on any atom is 0.0709 e. The summed E-state index contributed by atoms with van der Waals surface area (Å²) < 4.78 is 2.15. The molecule has 1 aromatic heterocycles. The number of benzene rings is 1. The van der Waals surface area contributed by atoms with Crippen LogP contribution in [0.4, 0.5) is 0 Å². The van der Waals surface area contributed by atoms with Gasteiger partial charge in [-0.3, -0.25) is 4.68 Å². The van der Waals surface area contributed by atoms with Gasteiger partial charge in [-0.2, -0.15) is 5.10 Å². The summed E-state index contributed by atoms with van der Waals surface area (Å²) in [6.45, 7) is 7.51. The van der Waals surface area contributed by atoms with Crippen LogP contribution >= 0.6 is 0 Å². The van der Waals surface area contributed by atoms with Crippen LogP contribution in [-0.4, -0.2) is 22.9 Å². The SMILES string of the molecule is CCNCC1(Cc2nn(CC)c3ccccc23)CCCC1. The summed E-state index contributed by atoms with van der Waals surface area (Å²) in [7, 11) is 0. The molecule has 1 aliphatic carbocycles. The Balaban J connectivity index is 1.92. The number of para-hydroxylation sites is 1. The molecule has 1 aromatic carbocycles. The predicted octanol–water partition coefficient (Wildman–Crippen LogP) is 3.77. The highest BCUT2D eigenvalue weighted by Crippen LogP contribution is 2.41. The normalized spacial score (nSPS) is 17.6. The average Bonchev–Trinajstić information content (AvgIpc) is 3.11. The van der Waals surface area contributed by atoms with E-state index in [1.165, 1.54) is 42.3 Å². The van der Waals surface area contributed by atoms with Crippen LogP contribution in [0.3, 0.4) is 0 Å². The van der Waals surface area contributed by atoms with E-state index in [4.69, 9.17) is 5.10 Å². The molecule has 114 valence electrons. The van der Waals surface area contributed by atoms with Crippen molar-refractivity contribution in [2.24, 2.45) is 5.41 Å². The molecular formula is C18H27N3.